The predicted molar refractivity (Wildman–Crippen MR) is 187 cm³/mol. The molecule has 4 aromatic carbocycles. The van der Waals surface area contributed by atoms with Crippen LogP contribution in [0.2, 0.25) is 0 Å². The van der Waals surface area contributed by atoms with Gasteiger partial charge in [0.2, 0.25) is 11.0 Å². The third-order valence-electron chi connectivity index (χ3n) is 8.84. The van der Waals surface area contributed by atoms with Gasteiger partial charge in [-0.05, 0) is 54.9 Å². The van der Waals surface area contributed by atoms with Crippen LogP contribution >= 0.6 is 12.6 Å². The van der Waals surface area contributed by atoms with Gasteiger partial charge in [-0.1, -0.05) is 68.4 Å². The number of rotatable bonds is 3. The molecule has 0 saturated heterocycles. The first kappa shape index (κ1) is 28.5. The Balaban J connectivity index is 0.000000581. The van der Waals surface area contributed by atoms with Crippen molar-refractivity contribution in [2.75, 3.05) is 25.0 Å². The lowest BCUT2D eigenvalue weighted by molar-refractivity contribution is 0.617. The predicted octanol–water partition coefficient (Wildman–Crippen LogP) is 8.46. The van der Waals surface area contributed by atoms with Crippen molar-refractivity contribution in [2.45, 2.75) is 37.6 Å². The third kappa shape index (κ3) is 5.21. The fraction of sp³-hybridized carbons (Fsp3) is 0.205. The molecule has 0 aromatic heterocycles. The molecule has 3 heterocycles. The molecule has 220 valence electrons. The zero-order chi connectivity index (χ0) is 30.2. The van der Waals surface area contributed by atoms with Gasteiger partial charge >= 0.3 is 0 Å². The maximum Gasteiger partial charge on any atom is 0.209 e. The van der Waals surface area contributed by atoms with Crippen molar-refractivity contribution in [3.05, 3.63) is 126 Å². The van der Waals surface area contributed by atoms with E-state index in [0.717, 1.165) is 69.7 Å². The number of anilines is 2. The van der Waals surface area contributed by atoms with E-state index in [0.29, 0.717) is 6.04 Å². The van der Waals surface area contributed by atoms with Gasteiger partial charge in [-0.2, -0.15) is 4.58 Å². The van der Waals surface area contributed by atoms with Gasteiger partial charge in [-0.25, -0.2) is 0 Å². The second kappa shape index (κ2) is 12.0. The molecule has 0 radical (unpaired) electrons. The van der Waals surface area contributed by atoms with Gasteiger partial charge in [0.25, 0.3) is 0 Å². The molecule has 1 aliphatic carbocycles. The minimum absolute atomic E-state index is 0.634. The van der Waals surface area contributed by atoms with E-state index in [2.05, 4.69) is 132 Å². The fourth-order valence-corrected chi connectivity index (χ4v) is 6.66. The van der Waals surface area contributed by atoms with E-state index in [4.69, 9.17) is 17.0 Å². The Labute approximate surface area is 265 Å². The molecule has 4 nitrogen and oxygen atoms in total. The largest absolute Gasteiger partial charge is 0.456 e. The monoisotopic (exact) mass is 596 g/mol. The fourth-order valence-electron chi connectivity index (χ4n) is 6.39. The molecule has 0 amide bonds. The summed E-state index contributed by atoms with van der Waals surface area (Å²) in [7, 11) is 1.95. The molecule has 4 aliphatic rings. The number of nitrogens with one attached hydrogen (secondary N) is 1. The summed E-state index contributed by atoms with van der Waals surface area (Å²) >= 11 is 4.86. The second-order valence-corrected chi connectivity index (χ2v) is 12.3. The summed E-state index contributed by atoms with van der Waals surface area (Å²) in [6.07, 6.45) is 2.12. The van der Waals surface area contributed by atoms with Gasteiger partial charge in [0, 0.05) is 75.6 Å². The molecule has 3 aliphatic heterocycles. The topological polar surface area (TPSA) is 31.4 Å². The van der Waals surface area contributed by atoms with E-state index < -0.39 is 0 Å². The second-order valence-electron chi connectivity index (χ2n) is 11.9. The Morgan fingerprint density at radius 1 is 0.795 bits per heavy atom. The summed E-state index contributed by atoms with van der Waals surface area (Å²) < 4.78 is 9.15. The van der Waals surface area contributed by atoms with Crippen molar-refractivity contribution < 1.29 is 4.42 Å². The molecule has 1 N–H and O–H groups in total. The van der Waals surface area contributed by atoms with E-state index in [-0.39, 0.29) is 0 Å². The Morgan fingerprint density at radius 2 is 1.55 bits per heavy atom. The number of hydrogen-bond acceptors (Lipinski definition) is 4. The SMILES string of the molecule is CNC(C)C.Sc1ccccc1-c1c2ccc(=[N+]3CCc4ccccc43)cc-2oc2cc(N3CCc4ccccc43)ccc12. The minimum Gasteiger partial charge on any atom is -0.456 e. The van der Waals surface area contributed by atoms with Crippen LogP contribution in [-0.4, -0.2) is 26.2 Å². The standard InChI is InChI=1S/C35H26N2OS.C4H11N/c39-34-12-6-3-9-29(34)35-27-15-13-25(36-19-17-23-7-1-4-10-30(23)36)21-32(27)38-33-22-26(14-16-28(33)35)37-20-18-24-8-2-5-11-31(24)37;1-4(2)5-3/h1-16,21-22H,17-20H2;4-5H,1-3H3/p+1. The normalized spacial score (nSPS) is 15.0. The zero-order valence-electron chi connectivity index (χ0n) is 25.5. The van der Waals surface area contributed by atoms with Crippen LogP contribution in [0.5, 0.6) is 0 Å². The van der Waals surface area contributed by atoms with Gasteiger partial charge in [-0.3, -0.25) is 0 Å². The molecule has 8 rings (SSSR count). The van der Waals surface area contributed by atoms with E-state index in [9.17, 15) is 0 Å². The van der Waals surface area contributed by atoms with Gasteiger partial charge in [0.05, 0.1) is 6.07 Å². The average molecular weight is 597 g/mol. The van der Waals surface area contributed by atoms with Crippen molar-refractivity contribution in [2.24, 2.45) is 0 Å². The van der Waals surface area contributed by atoms with E-state index in [1.54, 1.807) is 0 Å². The number of benzene rings is 5. The van der Waals surface area contributed by atoms with Crippen LogP contribution in [-0.2, 0) is 12.8 Å². The molecule has 0 atom stereocenters. The Kier molecular flexibility index (Phi) is 7.75. The van der Waals surface area contributed by atoms with Crippen molar-refractivity contribution in [3.63, 3.8) is 0 Å². The van der Waals surface area contributed by atoms with Crippen molar-refractivity contribution in [1.29, 1.82) is 0 Å². The lowest BCUT2D eigenvalue weighted by Crippen LogP contribution is -2.23. The van der Waals surface area contributed by atoms with Gasteiger partial charge in [0.15, 0.2) is 6.54 Å². The van der Waals surface area contributed by atoms with E-state index >= 15 is 0 Å². The number of hydrogen-bond donors (Lipinski definition) is 2. The van der Waals surface area contributed by atoms with Crippen LogP contribution < -0.4 is 20.1 Å². The molecular weight excluding hydrogens is 559 g/mol. The summed E-state index contributed by atoms with van der Waals surface area (Å²) in [4.78, 5) is 3.36. The highest BCUT2D eigenvalue weighted by molar-refractivity contribution is 7.80. The number of thiol groups is 1. The zero-order valence-corrected chi connectivity index (χ0v) is 26.4. The number of nitrogens with zero attached hydrogens (tertiary/aromatic N) is 2. The highest BCUT2D eigenvalue weighted by Crippen LogP contribution is 2.44. The molecule has 0 unspecified atom stereocenters. The highest BCUT2D eigenvalue weighted by Gasteiger charge is 2.26. The molecule has 0 fully saturated rings. The quantitative estimate of drug-likeness (QED) is 0.122. The lowest BCUT2D eigenvalue weighted by Gasteiger charge is -2.21. The average Bonchev–Trinajstić information content (AvgIpc) is 3.69. The van der Waals surface area contributed by atoms with Crippen LogP contribution in [0.4, 0.5) is 17.1 Å². The lowest BCUT2D eigenvalue weighted by atomic mass is 9.93. The molecular formula is C39H38N3OS+. The smallest absolute Gasteiger partial charge is 0.209 e. The van der Waals surface area contributed by atoms with Gasteiger partial charge < -0.3 is 14.6 Å². The Hall–Kier alpha value is -4.32. The summed E-state index contributed by atoms with van der Waals surface area (Å²) in [5, 5.41) is 5.28. The van der Waals surface area contributed by atoms with Crippen LogP contribution in [0.15, 0.2) is 119 Å². The van der Waals surface area contributed by atoms with Crippen molar-refractivity contribution in [3.8, 4) is 22.5 Å². The van der Waals surface area contributed by atoms with Crippen LogP contribution in [0.3, 0.4) is 0 Å². The maximum absolute atomic E-state index is 6.75. The maximum atomic E-state index is 6.75. The highest BCUT2D eigenvalue weighted by atomic mass is 32.1. The Morgan fingerprint density at radius 3 is 2.36 bits per heavy atom. The van der Waals surface area contributed by atoms with Crippen LogP contribution in [0.1, 0.15) is 25.0 Å². The minimum atomic E-state index is 0.634. The number of para-hydroxylation sites is 2. The van der Waals surface area contributed by atoms with Gasteiger partial charge in [-0.15, -0.1) is 12.6 Å². The first-order chi connectivity index (χ1) is 21.5. The van der Waals surface area contributed by atoms with Crippen molar-refractivity contribution >= 4 is 40.7 Å². The van der Waals surface area contributed by atoms with Crippen molar-refractivity contribution in [1.82, 2.24) is 9.89 Å². The molecule has 0 saturated carbocycles. The molecule has 4 aromatic rings. The number of fused-ring (bicyclic) bond motifs is 4. The van der Waals surface area contributed by atoms with Crippen LogP contribution in [0, 0.1) is 0 Å². The first-order valence-corrected chi connectivity index (χ1v) is 16.0. The molecule has 0 spiro atoms. The summed E-state index contributed by atoms with van der Waals surface area (Å²) in [5.74, 6) is 0.884. The summed E-state index contributed by atoms with van der Waals surface area (Å²) in [5.41, 5.74) is 10.8. The molecule has 44 heavy (non-hydrogen) atoms. The molecule has 5 heteroatoms. The first-order valence-electron chi connectivity index (χ1n) is 15.5. The third-order valence-corrected chi connectivity index (χ3v) is 9.23. The van der Waals surface area contributed by atoms with Gasteiger partial charge in [0.1, 0.15) is 11.3 Å². The summed E-state index contributed by atoms with van der Waals surface area (Å²) in [6.45, 7) is 6.17. The Bertz CT molecular complexity index is 2020. The van der Waals surface area contributed by atoms with E-state index in [1.807, 2.05) is 13.1 Å². The van der Waals surface area contributed by atoms with E-state index in [1.165, 1.54) is 28.1 Å². The van der Waals surface area contributed by atoms with Crippen LogP contribution in [0.25, 0.3) is 33.4 Å². The molecule has 0 bridgehead atoms. The summed E-state index contributed by atoms with van der Waals surface area (Å²) in [6, 6.07) is 39.7.